The summed E-state index contributed by atoms with van der Waals surface area (Å²) in [4.78, 5) is 40.7. The average Bonchev–Trinajstić information content (AvgIpc) is 2.87. The van der Waals surface area contributed by atoms with Crippen LogP contribution in [-0.2, 0) is 16.0 Å². The molecular formula is C16H19N3O4. The van der Waals surface area contributed by atoms with Crippen molar-refractivity contribution >= 4 is 23.6 Å². The molecule has 0 atom stereocenters. The third-order valence-electron chi connectivity index (χ3n) is 4.40. The number of benzene rings is 1. The van der Waals surface area contributed by atoms with Crippen LogP contribution in [0.1, 0.15) is 15.9 Å². The van der Waals surface area contributed by atoms with Crippen LogP contribution in [0, 0.1) is 0 Å². The Morgan fingerprint density at radius 3 is 2.39 bits per heavy atom. The maximum atomic E-state index is 12.6. The van der Waals surface area contributed by atoms with Crippen molar-refractivity contribution in [1.29, 1.82) is 0 Å². The second kappa shape index (κ2) is 5.91. The lowest BCUT2D eigenvalue weighted by Gasteiger charge is -2.33. The molecule has 2 heterocycles. The third-order valence-corrected chi connectivity index (χ3v) is 4.40. The first kappa shape index (κ1) is 15.3. The second-order valence-corrected chi connectivity index (χ2v) is 5.72. The van der Waals surface area contributed by atoms with E-state index in [0.717, 1.165) is 11.3 Å². The number of carbonyl (C=O) groups is 3. The summed E-state index contributed by atoms with van der Waals surface area (Å²) in [5, 5.41) is 0. The largest absolute Gasteiger partial charge is 0.453 e. The highest BCUT2D eigenvalue weighted by atomic mass is 16.5. The number of amides is 3. The van der Waals surface area contributed by atoms with Gasteiger partial charge in [-0.3, -0.25) is 9.59 Å². The van der Waals surface area contributed by atoms with Crippen molar-refractivity contribution in [3.8, 4) is 0 Å². The van der Waals surface area contributed by atoms with Gasteiger partial charge in [0.2, 0.25) is 5.91 Å². The maximum absolute atomic E-state index is 12.6. The number of hydrogen-bond acceptors (Lipinski definition) is 4. The Labute approximate surface area is 134 Å². The predicted octanol–water partition coefficient (Wildman–Crippen LogP) is 0.730. The van der Waals surface area contributed by atoms with Crippen LogP contribution in [0.3, 0.4) is 0 Å². The van der Waals surface area contributed by atoms with E-state index in [9.17, 15) is 14.4 Å². The summed E-state index contributed by atoms with van der Waals surface area (Å²) < 4.78 is 4.69. The fraction of sp³-hybridized carbons (Fsp3) is 0.438. The average molecular weight is 317 g/mol. The Hall–Kier alpha value is -2.57. The minimum atomic E-state index is -0.365. The number of hydrogen-bond donors (Lipinski definition) is 0. The molecule has 0 spiro atoms. The lowest BCUT2D eigenvalue weighted by Crippen LogP contribution is -2.50. The van der Waals surface area contributed by atoms with Gasteiger partial charge in [0.15, 0.2) is 0 Å². The van der Waals surface area contributed by atoms with Gasteiger partial charge in [0.05, 0.1) is 13.5 Å². The van der Waals surface area contributed by atoms with Crippen molar-refractivity contribution in [3.05, 3.63) is 29.3 Å². The summed E-state index contributed by atoms with van der Waals surface area (Å²) >= 11 is 0. The summed E-state index contributed by atoms with van der Waals surface area (Å²) in [5.74, 6) is -0.0318. The van der Waals surface area contributed by atoms with E-state index in [1.54, 1.807) is 33.9 Å². The molecule has 0 aromatic heterocycles. The first-order chi connectivity index (χ1) is 11.0. The summed E-state index contributed by atoms with van der Waals surface area (Å²) in [6.45, 7) is 1.88. The van der Waals surface area contributed by atoms with Crippen molar-refractivity contribution in [2.24, 2.45) is 0 Å². The summed E-state index contributed by atoms with van der Waals surface area (Å²) in [5.41, 5.74) is 2.33. The molecule has 122 valence electrons. The van der Waals surface area contributed by atoms with Gasteiger partial charge in [0.1, 0.15) is 0 Å². The summed E-state index contributed by atoms with van der Waals surface area (Å²) in [6.07, 6.45) is -0.0283. The second-order valence-electron chi connectivity index (χ2n) is 5.72. The topological polar surface area (TPSA) is 70.2 Å². The molecule has 3 amide bonds. The number of piperazine rings is 1. The van der Waals surface area contributed by atoms with Crippen molar-refractivity contribution < 1.29 is 19.1 Å². The summed E-state index contributed by atoms with van der Waals surface area (Å²) in [6, 6.07) is 5.37. The van der Waals surface area contributed by atoms with Gasteiger partial charge in [-0.2, -0.15) is 0 Å². The zero-order chi connectivity index (χ0) is 16.6. The lowest BCUT2D eigenvalue weighted by atomic mass is 10.1. The van der Waals surface area contributed by atoms with Crippen LogP contribution in [0.25, 0.3) is 0 Å². The van der Waals surface area contributed by atoms with E-state index in [0.29, 0.717) is 38.2 Å². The zero-order valence-corrected chi connectivity index (χ0v) is 13.2. The molecule has 23 heavy (non-hydrogen) atoms. The number of nitrogens with zero attached hydrogens (tertiary/aromatic N) is 3. The van der Waals surface area contributed by atoms with Crippen LogP contribution >= 0.6 is 0 Å². The minimum absolute atomic E-state index is 0.0382. The Morgan fingerprint density at radius 1 is 1.09 bits per heavy atom. The van der Waals surface area contributed by atoms with Crippen LogP contribution in [-0.4, -0.2) is 68.0 Å². The number of anilines is 1. The molecule has 0 N–H and O–H groups in total. The van der Waals surface area contributed by atoms with Gasteiger partial charge in [-0.25, -0.2) is 4.79 Å². The van der Waals surface area contributed by atoms with Gasteiger partial charge in [-0.15, -0.1) is 0 Å². The van der Waals surface area contributed by atoms with Gasteiger partial charge >= 0.3 is 6.09 Å². The molecule has 0 aliphatic carbocycles. The molecule has 0 saturated carbocycles. The van der Waals surface area contributed by atoms with E-state index in [4.69, 9.17) is 0 Å². The smallest absolute Gasteiger partial charge is 0.409 e. The molecule has 3 rings (SSSR count). The van der Waals surface area contributed by atoms with E-state index in [-0.39, 0.29) is 17.9 Å². The first-order valence-electron chi connectivity index (χ1n) is 7.53. The molecule has 0 bridgehead atoms. The van der Waals surface area contributed by atoms with Crippen LogP contribution in [0.2, 0.25) is 0 Å². The first-order valence-corrected chi connectivity index (χ1v) is 7.53. The Morgan fingerprint density at radius 2 is 1.74 bits per heavy atom. The Kier molecular flexibility index (Phi) is 3.94. The quantitative estimate of drug-likeness (QED) is 0.766. The SMILES string of the molecule is COC(=O)N1CCN(C(=O)c2ccc3c(c2)CC(=O)N3C)CC1. The molecular weight excluding hydrogens is 298 g/mol. The fourth-order valence-electron chi connectivity index (χ4n) is 3.01. The number of carbonyl (C=O) groups excluding carboxylic acids is 3. The van der Waals surface area contributed by atoms with Crippen molar-refractivity contribution in [2.45, 2.75) is 6.42 Å². The van der Waals surface area contributed by atoms with Gasteiger partial charge in [0, 0.05) is 44.5 Å². The van der Waals surface area contributed by atoms with Gasteiger partial charge < -0.3 is 19.4 Å². The van der Waals surface area contributed by atoms with Crippen molar-refractivity contribution in [1.82, 2.24) is 9.80 Å². The van der Waals surface area contributed by atoms with E-state index < -0.39 is 0 Å². The normalized spacial score (nSPS) is 17.3. The van der Waals surface area contributed by atoms with E-state index >= 15 is 0 Å². The van der Waals surface area contributed by atoms with Crippen molar-refractivity contribution in [2.75, 3.05) is 45.2 Å². The number of methoxy groups -OCH3 is 1. The molecule has 1 fully saturated rings. The van der Waals surface area contributed by atoms with Crippen LogP contribution in [0.4, 0.5) is 10.5 Å². The van der Waals surface area contributed by atoms with Crippen molar-refractivity contribution in [3.63, 3.8) is 0 Å². The molecule has 7 nitrogen and oxygen atoms in total. The molecule has 1 aromatic carbocycles. The predicted molar refractivity (Wildman–Crippen MR) is 83.4 cm³/mol. The highest BCUT2D eigenvalue weighted by molar-refractivity contribution is 6.03. The number of fused-ring (bicyclic) bond motifs is 1. The highest BCUT2D eigenvalue weighted by Gasteiger charge is 2.28. The monoisotopic (exact) mass is 317 g/mol. The molecule has 2 aliphatic heterocycles. The molecule has 0 radical (unpaired) electrons. The number of ether oxygens (including phenoxy) is 1. The molecule has 1 aromatic rings. The van der Waals surface area contributed by atoms with E-state index in [1.807, 2.05) is 6.07 Å². The summed E-state index contributed by atoms with van der Waals surface area (Å²) in [7, 11) is 3.09. The maximum Gasteiger partial charge on any atom is 0.409 e. The minimum Gasteiger partial charge on any atom is -0.453 e. The Bertz CT molecular complexity index is 665. The van der Waals surface area contributed by atoms with Gasteiger partial charge in [-0.05, 0) is 23.8 Å². The van der Waals surface area contributed by atoms with Gasteiger partial charge in [-0.1, -0.05) is 0 Å². The number of likely N-dealkylation sites (N-methyl/N-ethyl adjacent to an activating group) is 1. The van der Waals surface area contributed by atoms with Crippen LogP contribution in [0.15, 0.2) is 18.2 Å². The highest BCUT2D eigenvalue weighted by Crippen LogP contribution is 2.28. The molecule has 2 aliphatic rings. The lowest BCUT2D eigenvalue weighted by molar-refractivity contribution is -0.117. The standard InChI is InChI=1S/C16H19N3O4/c1-17-13-4-3-11(9-12(13)10-14(17)20)15(21)18-5-7-19(8-6-18)16(22)23-2/h3-4,9H,5-8,10H2,1-2H3. The number of rotatable bonds is 1. The zero-order valence-electron chi connectivity index (χ0n) is 13.2. The van der Waals surface area contributed by atoms with Crippen LogP contribution in [0.5, 0.6) is 0 Å². The molecule has 7 heteroatoms. The van der Waals surface area contributed by atoms with E-state index in [2.05, 4.69) is 4.74 Å². The van der Waals surface area contributed by atoms with Crippen LogP contribution < -0.4 is 4.90 Å². The Balaban J connectivity index is 1.69. The molecule has 1 saturated heterocycles. The fourth-order valence-corrected chi connectivity index (χ4v) is 3.01. The van der Waals surface area contributed by atoms with E-state index in [1.165, 1.54) is 7.11 Å². The third kappa shape index (κ3) is 2.74. The molecule has 0 unspecified atom stereocenters. The van der Waals surface area contributed by atoms with Gasteiger partial charge in [0.25, 0.3) is 5.91 Å².